The Morgan fingerprint density at radius 3 is 2.71 bits per heavy atom. The fourth-order valence-electron chi connectivity index (χ4n) is 2.14. The Hall–Kier alpha value is -1.85. The maximum Gasteiger partial charge on any atom is 0.256 e. The van der Waals surface area contributed by atoms with E-state index in [-0.39, 0.29) is 17.9 Å². The molecular weight excluding hydrogens is 292 g/mol. The minimum Gasteiger partial charge on any atom is -0.396 e. The van der Waals surface area contributed by atoms with E-state index in [0.29, 0.717) is 22.8 Å². The van der Waals surface area contributed by atoms with E-state index < -0.39 is 0 Å². The van der Waals surface area contributed by atoms with Gasteiger partial charge in [-0.25, -0.2) is 0 Å². The van der Waals surface area contributed by atoms with Crippen molar-refractivity contribution in [3.63, 3.8) is 0 Å². The molecule has 5 nitrogen and oxygen atoms in total. The number of aliphatic hydroxyl groups excluding tert-OH is 1. The molecule has 1 aromatic heterocycles. The lowest BCUT2D eigenvalue weighted by Crippen LogP contribution is -2.31. The van der Waals surface area contributed by atoms with Gasteiger partial charge in [-0.3, -0.25) is 4.79 Å². The van der Waals surface area contributed by atoms with Crippen molar-refractivity contribution < 1.29 is 14.4 Å². The van der Waals surface area contributed by atoms with E-state index in [0.717, 1.165) is 18.4 Å². The summed E-state index contributed by atoms with van der Waals surface area (Å²) >= 11 is 5.85. The topological polar surface area (TPSA) is 75.4 Å². The van der Waals surface area contributed by atoms with Gasteiger partial charge in [0.05, 0.1) is 6.61 Å². The molecule has 1 aliphatic carbocycles. The number of amides is 1. The smallest absolute Gasteiger partial charge is 0.256 e. The molecule has 0 unspecified atom stereocenters. The number of nitrogens with zero attached hydrogens (tertiary/aromatic N) is 1. The zero-order valence-electron chi connectivity index (χ0n) is 11.3. The van der Waals surface area contributed by atoms with Crippen molar-refractivity contribution >= 4 is 17.5 Å². The summed E-state index contributed by atoms with van der Waals surface area (Å²) in [6, 6.07) is 7.04. The monoisotopic (exact) mass is 306 g/mol. The molecule has 1 aliphatic rings. The third-order valence-electron chi connectivity index (χ3n) is 3.85. The molecule has 0 atom stereocenters. The van der Waals surface area contributed by atoms with Gasteiger partial charge in [0, 0.05) is 22.5 Å². The first-order chi connectivity index (χ1) is 10.1. The number of rotatable bonds is 5. The van der Waals surface area contributed by atoms with E-state index in [1.54, 1.807) is 24.3 Å². The second kappa shape index (κ2) is 5.50. The van der Waals surface area contributed by atoms with Crippen LogP contribution in [0.15, 0.2) is 35.1 Å². The normalized spacial score (nSPS) is 15.7. The van der Waals surface area contributed by atoms with Crippen LogP contribution in [0.3, 0.4) is 0 Å². The highest BCUT2D eigenvalue weighted by molar-refractivity contribution is 6.30. The average molecular weight is 307 g/mol. The second-order valence-corrected chi connectivity index (χ2v) is 5.86. The number of hydrogen-bond acceptors (Lipinski definition) is 4. The molecule has 1 fully saturated rings. The number of nitrogens with one attached hydrogen (secondary N) is 1. The van der Waals surface area contributed by atoms with Crippen LogP contribution in [0.4, 0.5) is 0 Å². The first-order valence-corrected chi connectivity index (χ1v) is 7.11. The molecule has 0 radical (unpaired) electrons. The summed E-state index contributed by atoms with van der Waals surface area (Å²) in [4.78, 5) is 12.2. The van der Waals surface area contributed by atoms with Crippen LogP contribution in [0.25, 0.3) is 11.3 Å². The standard InChI is InChI=1S/C15H15ClN2O3/c16-11-3-1-10(2-4-11)13-12(7-21-18-13)14(20)17-8-15(9-19)5-6-15/h1-4,7,19H,5-6,8-9H2,(H,17,20). The van der Waals surface area contributed by atoms with Crippen molar-refractivity contribution in [2.45, 2.75) is 12.8 Å². The van der Waals surface area contributed by atoms with Crippen LogP contribution in [-0.4, -0.2) is 29.3 Å². The maximum absolute atomic E-state index is 12.2. The van der Waals surface area contributed by atoms with Gasteiger partial charge >= 0.3 is 0 Å². The fraction of sp³-hybridized carbons (Fsp3) is 0.333. The number of benzene rings is 1. The highest BCUT2D eigenvalue weighted by Gasteiger charge is 2.42. The number of aromatic nitrogens is 1. The van der Waals surface area contributed by atoms with Gasteiger partial charge in [0.15, 0.2) is 0 Å². The summed E-state index contributed by atoms with van der Waals surface area (Å²) in [5.74, 6) is -0.249. The first-order valence-electron chi connectivity index (χ1n) is 6.73. The van der Waals surface area contributed by atoms with Gasteiger partial charge in [0.1, 0.15) is 17.5 Å². The van der Waals surface area contributed by atoms with E-state index in [1.807, 2.05) is 0 Å². The quantitative estimate of drug-likeness (QED) is 0.890. The number of halogens is 1. The Balaban J connectivity index is 1.75. The zero-order valence-corrected chi connectivity index (χ0v) is 12.1. The van der Waals surface area contributed by atoms with Crippen molar-refractivity contribution in [1.29, 1.82) is 0 Å². The molecule has 0 aliphatic heterocycles. The number of hydrogen-bond donors (Lipinski definition) is 2. The molecule has 0 spiro atoms. The third-order valence-corrected chi connectivity index (χ3v) is 4.10. The second-order valence-electron chi connectivity index (χ2n) is 5.42. The SMILES string of the molecule is O=C(NCC1(CO)CC1)c1conc1-c1ccc(Cl)cc1. The summed E-state index contributed by atoms with van der Waals surface area (Å²) in [6.07, 6.45) is 3.21. The molecule has 110 valence electrons. The number of carbonyl (C=O) groups is 1. The van der Waals surface area contributed by atoms with Gasteiger partial charge in [-0.2, -0.15) is 0 Å². The average Bonchev–Trinajstić information content (AvgIpc) is 3.12. The van der Waals surface area contributed by atoms with Crippen molar-refractivity contribution in [3.8, 4) is 11.3 Å². The predicted molar refractivity (Wildman–Crippen MR) is 78.0 cm³/mol. The lowest BCUT2D eigenvalue weighted by atomic mass is 10.1. The summed E-state index contributed by atoms with van der Waals surface area (Å²) in [5.41, 5.74) is 1.50. The Labute approximate surface area is 126 Å². The molecule has 1 aromatic carbocycles. The largest absolute Gasteiger partial charge is 0.396 e. The Morgan fingerprint density at radius 2 is 2.10 bits per heavy atom. The molecule has 1 amide bonds. The minimum absolute atomic E-state index is 0.0982. The molecule has 21 heavy (non-hydrogen) atoms. The Morgan fingerprint density at radius 1 is 1.38 bits per heavy atom. The van der Waals surface area contributed by atoms with Crippen LogP contribution in [0, 0.1) is 5.41 Å². The maximum atomic E-state index is 12.2. The lowest BCUT2D eigenvalue weighted by Gasteiger charge is -2.12. The molecule has 2 N–H and O–H groups in total. The molecule has 0 saturated heterocycles. The molecule has 1 saturated carbocycles. The van der Waals surface area contributed by atoms with E-state index in [1.165, 1.54) is 6.26 Å². The van der Waals surface area contributed by atoms with Gasteiger partial charge in [-0.15, -0.1) is 0 Å². The summed E-state index contributed by atoms with van der Waals surface area (Å²) in [6.45, 7) is 0.564. The highest BCUT2D eigenvalue weighted by atomic mass is 35.5. The Bertz CT molecular complexity index is 647. The summed E-state index contributed by atoms with van der Waals surface area (Å²) < 4.78 is 4.93. The number of aliphatic hydroxyl groups is 1. The highest BCUT2D eigenvalue weighted by Crippen LogP contribution is 2.44. The van der Waals surface area contributed by atoms with Crippen molar-refractivity contribution in [1.82, 2.24) is 10.5 Å². The van der Waals surface area contributed by atoms with E-state index in [4.69, 9.17) is 16.1 Å². The van der Waals surface area contributed by atoms with Gasteiger partial charge in [0.2, 0.25) is 0 Å². The molecule has 6 heteroatoms. The van der Waals surface area contributed by atoms with E-state index in [2.05, 4.69) is 10.5 Å². The third kappa shape index (κ3) is 2.94. The summed E-state index contributed by atoms with van der Waals surface area (Å²) in [7, 11) is 0. The van der Waals surface area contributed by atoms with Crippen molar-refractivity contribution in [3.05, 3.63) is 41.1 Å². The molecular formula is C15H15ClN2O3. The van der Waals surface area contributed by atoms with Crippen LogP contribution >= 0.6 is 11.6 Å². The predicted octanol–water partition coefficient (Wildman–Crippen LogP) is 2.50. The van der Waals surface area contributed by atoms with Crippen LogP contribution in [-0.2, 0) is 0 Å². The van der Waals surface area contributed by atoms with Crippen LogP contribution < -0.4 is 5.32 Å². The fourth-order valence-corrected chi connectivity index (χ4v) is 2.27. The molecule has 0 bridgehead atoms. The lowest BCUT2D eigenvalue weighted by molar-refractivity contribution is 0.0935. The minimum atomic E-state index is -0.249. The van der Waals surface area contributed by atoms with Crippen LogP contribution in [0.1, 0.15) is 23.2 Å². The van der Waals surface area contributed by atoms with Gasteiger partial charge in [-0.05, 0) is 25.0 Å². The molecule has 3 rings (SSSR count). The van der Waals surface area contributed by atoms with Gasteiger partial charge in [-0.1, -0.05) is 28.9 Å². The van der Waals surface area contributed by atoms with Crippen LogP contribution in [0.2, 0.25) is 5.02 Å². The van der Waals surface area contributed by atoms with Gasteiger partial charge < -0.3 is 14.9 Å². The van der Waals surface area contributed by atoms with Gasteiger partial charge in [0.25, 0.3) is 5.91 Å². The van der Waals surface area contributed by atoms with Crippen molar-refractivity contribution in [2.75, 3.05) is 13.2 Å². The van der Waals surface area contributed by atoms with Crippen molar-refractivity contribution in [2.24, 2.45) is 5.41 Å². The Kier molecular flexibility index (Phi) is 3.69. The summed E-state index contributed by atoms with van der Waals surface area (Å²) in [5, 5.41) is 16.6. The van der Waals surface area contributed by atoms with E-state index in [9.17, 15) is 9.90 Å². The van der Waals surface area contributed by atoms with Crippen LogP contribution in [0.5, 0.6) is 0 Å². The molecule has 1 heterocycles. The first kappa shape index (κ1) is 14.1. The van der Waals surface area contributed by atoms with E-state index >= 15 is 0 Å². The number of carbonyl (C=O) groups excluding carboxylic acids is 1. The zero-order chi connectivity index (χ0) is 14.9. The molecule has 2 aromatic rings.